The monoisotopic (exact) mass is 361 g/mol. The van der Waals surface area contributed by atoms with Crippen molar-refractivity contribution in [3.05, 3.63) is 77.6 Å². The van der Waals surface area contributed by atoms with Crippen LogP contribution in [0.3, 0.4) is 0 Å². The van der Waals surface area contributed by atoms with Crippen molar-refractivity contribution in [1.29, 1.82) is 0 Å². The summed E-state index contributed by atoms with van der Waals surface area (Å²) in [6.45, 7) is 3.49. The Kier molecular flexibility index (Phi) is 5.37. The standard InChI is InChI=1S/C23H27N3O/c1-17-22(16-26(25-17)23-9-5-6-14-27-23)20-12-10-19(11-13-20)21(15-24)18-7-3-2-4-8-18/h2-4,7-8,10-13,16,21,23H,5-6,9,14-15,24H2,1H3. The number of nitrogens with two attached hydrogens (primary N) is 1. The molecule has 0 amide bonds. The maximum absolute atomic E-state index is 6.07. The zero-order valence-corrected chi connectivity index (χ0v) is 15.8. The first kappa shape index (κ1) is 18.0. The third kappa shape index (κ3) is 3.82. The predicted octanol–water partition coefficient (Wildman–Crippen LogP) is 4.65. The minimum absolute atomic E-state index is 0.0742. The molecule has 0 spiro atoms. The van der Waals surface area contributed by atoms with Gasteiger partial charge in [0, 0.05) is 30.8 Å². The number of aromatic nitrogens is 2. The Morgan fingerprint density at radius 3 is 2.48 bits per heavy atom. The molecule has 1 aliphatic rings. The van der Waals surface area contributed by atoms with Crippen LogP contribution in [-0.2, 0) is 4.74 Å². The number of aryl methyl sites for hydroxylation is 1. The van der Waals surface area contributed by atoms with Gasteiger partial charge in [0.15, 0.2) is 0 Å². The van der Waals surface area contributed by atoms with Gasteiger partial charge in [-0.2, -0.15) is 5.10 Å². The highest BCUT2D eigenvalue weighted by atomic mass is 16.5. The summed E-state index contributed by atoms with van der Waals surface area (Å²) >= 11 is 0. The highest BCUT2D eigenvalue weighted by molar-refractivity contribution is 5.65. The van der Waals surface area contributed by atoms with Gasteiger partial charge in [-0.15, -0.1) is 0 Å². The van der Waals surface area contributed by atoms with Crippen LogP contribution >= 0.6 is 0 Å². The molecule has 2 atom stereocenters. The zero-order chi connectivity index (χ0) is 18.6. The van der Waals surface area contributed by atoms with Crippen molar-refractivity contribution >= 4 is 0 Å². The summed E-state index contributed by atoms with van der Waals surface area (Å²) in [4.78, 5) is 0. The lowest BCUT2D eigenvalue weighted by Gasteiger charge is -2.22. The molecule has 2 heterocycles. The fourth-order valence-corrected chi connectivity index (χ4v) is 3.89. The largest absolute Gasteiger partial charge is 0.357 e. The third-order valence-corrected chi connectivity index (χ3v) is 5.43. The summed E-state index contributed by atoms with van der Waals surface area (Å²) < 4.78 is 7.86. The Morgan fingerprint density at radius 1 is 1.07 bits per heavy atom. The van der Waals surface area contributed by atoms with Gasteiger partial charge in [-0.05, 0) is 42.9 Å². The van der Waals surface area contributed by atoms with Crippen molar-refractivity contribution in [3.8, 4) is 11.1 Å². The lowest BCUT2D eigenvalue weighted by molar-refractivity contribution is -0.0396. The van der Waals surface area contributed by atoms with Crippen molar-refractivity contribution in [2.24, 2.45) is 5.73 Å². The summed E-state index contributed by atoms with van der Waals surface area (Å²) in [5.74, 6) is 0.222. The second-order valence-corrected chi connectivity index (χ2v) is 7.25. The molecule has 1 aromatic heterocycles. The van der Waals surface area contributed by atoms with Gasteiger partial charge in [-0.3, -0.25) is 0 Å². The van der Waals surface area contributed by atoms with E-state index >= 15 is 0 Å². The molecule has 2 N–H and O–H groups in total. The van der Waals surface area contributed by atoms with Crippen molar-refractivity contribution in [3.63, 3.8) is 0 Å². The first-order chi connectivity index (χ1) is 13.3. The minimum atomic E-state index is 0.0742. The van der Waals surface area contributed by atoms with Crippen LogP contribution in [0.5, 0.6) is 0 Å². The van der Waals surface area contributed by atoms with Gasteiger partial charge < -0.3 is 10.5 Å². The van der Waals surface area contributed by atoms with E-state index in [1.807, 2.05) is 10.7 Å². The molecule has 4 rings (SSSR count). The first-order valence-corrected chi connectivity index (χ1v) is 9.79. The van der Waals surface area contributed by atoms with E-state index in [9.17, 15) is 0 Å². The maximum Gasteiger partial charge on any atom is 0.150 e. The SMILES string of the molecule is Cc1nn(C2CCCCO2)cc1-c1ccc(C(CN)c2ccccc2)cc1. The summed E-state index contributed by atoms with van der Waals surface area (Å²) in [6.07, 6.45) is 5.58. The highest BCUT2D eigenvalue weighted by Gasteiger charge is 2.19. The van der Waals surface area contributed by atoms with Crippen molar-refractivity contribution < 1.29 is 4.74 Å². The molecule has 2 unspecified atom stereocenters. The second kappa shape index (κ2) is 8.07. The molecule has 1 aliphatic heterocycles. The molecule has 4 heteroatoms. The Labute approximate surface area is 161 Å². The third-order valence-electron chi connectivity index (χ3n) is 5.43. The van der Waals surface area contributed by atoms with Crippen LogP contribution in [0.1, 0.15) is 48.2 Å². The average Bonchev–Trinajstić information content (AvgIpc) is 3.12. The van der Waals surface area contributed by atoms with E-state index in [1.54, 1.807) is 0 Å². The van der Waals surface area contributed by atoms with Crippen LogP contribution in [0.25, 0.3) is 11.1 Å². The van der Waals surface area contributed by atoms with Gasteiger partial charge in [0.2, 0.25) is 0 Å². The van der Waals surface area contributed by atoms with Crippen LogP contribution in [0, 0.1) is 6.92 Å². The molecule has 0 bridgehead atoms. The molecule has 1 fully saturated rings. The molecular weight excluding hydrogens is 334 g/mol. The minimum Gasteiger partial charge on any atom is -0.357 e. The van der Waals surface area contributed by atoms with Crippen molar-refractivity contribution in [1.82, 2.24) is 9.78 Å². The number of nitrogens with zero attached hydrogens (tertiary/aromatic N) is 2. The smallest absolute Gasteiger partial charge is 0.150 e. The zero-order valence-electron chi connectivity index (χ0n) is 15.8. The second-order valence-electron chi connectivity index (χ2n) is 7.25. The summed E-state index contributed by atoms with van der Waals surface area (Å²) in [5, 5.41) is 4.70. The van der Waals surface area contributed by atoms with E-state index in [0.29, 0.717) is 6.54 Å². The van der Waals surface area contributed by atoms with E-state index in [-0.39, 0.29) is 12.1 Å². The lowest BCUT2D eigenvalue weighted by atomic mass is 9.90. The quantitative estimate of drug-likeness (QED) is 0.720. The van der Waals surface area contributed by atoms with Crippen LogP contribution < -0.4 is 5.73 Å². The van der Waals surface area contributed by atoms with E-state index in [4.69, 9.17) is 15.6 Å². The van der Waals surface area contributed by atoms with Gasteiger partial charge in [0.1, 0.15) is 6.23 Å². The molecule has 3 aromatic rings. The van der Waals surface area contributed by atoms with Crippen LogP contribution in [-0.4, -0.2) is 22.9 Å². The number of hydrogen-bond acceptors (Lipinski definition) is 3. The molecular formula is C23H27N3O. The van der Waals surface area contributed by atoms with Gasteiger partial charge >= 0.3 is 0 Å². The molecule has 0 aliphatic carbocycles. The van der Waals surface area contributed by atoms with Gasteiger partial charge in [0.05, 0.1) is 5.69 Å². The Morgan fingerprint density at radius 2 is 1.81 bits per heavy atom. The molecule has 2 aromatic carbocycles. The lowest BCUT2D eigenvalue weighted by Crippen LogP contribution is -2.18. The van der Waals surface area contributed by atoms with E-state index in [1.165, 1.54) is 28.7 Å². The van der Waals surface area contributed by atoms with E-state index in [2.05, 4.69) is 61.7 Å². The Hall–Kier alpha value is -2.43. The predicted molar refractivity (Wildman–Crippen MR) is 109 cm³/mol. The number of rotatable bonds is 5. The van der Waals surface area contributed by atoms with Crippen LogP contribution in [0.2, 0.25) is 0 Å². The summed E-state index contributed by atoms with van der Waals surface area (Å²) in [7, 11) is 0. The molecule has 0 radical (unpaired) electrons. The van der Waals surface area contributed by atoms with Crippen LogP contribution in [0.15, 0.2) is 60.8 Å². The van der Waals surface area contributed by atoms with Crippen LogP contribution in [0.4, 0.5) is 0 Å². The summed E-state index contributed by atoms with van der Waals surface area (Å²) in [6, 6.07) is 19.2. The average molecular weight is 361 g/mol. The number of hydrogen-bond donors (Lipinski definition) is 1. The molecule has 0 saturated carbocycles. The van der Waals surface area contributed by atoms with Gasteiger partial charge in [-0.25, -0.2) is 4.68 Å². The Bertz CT molecular complexity index is 864. The maximum atomic E-state index is 6.07. The number of benzene rings is 2. The summed E-state index contributed by atoms with van der Waals surface area (Å²) in [5.41, 5.74) is 12.0. The van der Waals surface area contributed by atoms with Crippen molar-refractivity contribution in [2.45, 2.75) is 38.3 Å². The fraction of sp³-hybridized carbons (Fsp3) is 0.348. The Balaban J connectivity index is 1.58. The normalized spacial score (nSPS) is 18.4. The van der Waals surface area contributed by atoms with Gasteiger partial charge in [-0.1, -0.05) is 54.6 Å². The van der Waals surface area contributed by atoms with E-state index in [0.717, 1.165) is 25.1 Å². The molecule has 4 nitrogen and oxygen atoms in total. The molecule has 140 valence electrons. The fourth-order valence-electron chi connectivity index (χ4n) is 3.89. The van der Waals surface area contributed by atoms with Crippen molar-refractivity contribution in [2.75, 3.05) is 13.2 Å². The van der Waals surface area contributed by atoms with Gasteiger partial charge in [0.25, 0.3) is 0 Å². The van der Waals surface area contributed by atoms with E-state index < -0.39 is 0 Å². The topological polar surface area (TPSA) is 53.1 Å². The molecule has 1 saturated heterocycles. The number of ether oxygens (including phenoxy) is 1. The highest BCUT2D eigenvalue weighted by Crippen LogP contribution is 2.30. The first-order valence-electron chi connectivity index (χ1n) is 9.79. The molecule has 27 heavy (non-hydrogen) atoms.